The van der Waals surface area contributed by atoms with Gasteiger partial charge >= 0.3 is 0 Å². The van der Waals surface area contributed by atoms with Crippen molar-refractivity contribution in [3.05, 3.63) is 185 Å². The predicted molar refractivity (Wildman–Crippen MR) is 317 cm³/mol. The molecule has 0 saturated heterocycles. The Balaban J connectivity index is 1.22. The molecule has 4 heteroatoms. The number of fused-ring (bicyclic) bond motifs is 7. The van der Waals surface area contributed by atoms with Gasteiger partial charge in [0.1, 0.15) is 0 Å². The fourth-order valence-electron chi connectivity index (χ4n) is 13.4. The van der Waals surface area contributed by atoms with E-state index in [-0.39, 0.29) is 44.7 Å². The van der Waals surface area contributed by atoms with E-state index in [1.807, 2.05) is 0 Å². The molecule has 2 unspecified atom stereocenters. The largest absolute Gasteiger partial charge is 0.334 e. The Morgan fingerprint density at radius 3 is 1.38 bits per heavy atom. The molecule has 3 heterocycles. The zero-order valence-electron chi connectivity index (χ0n) is 47.1. The molecule has 73 heavy (non-hydrogen) atoms. The van der Waals surface area contributed by atoms with Crippen LogP contribution in [0.4, 0.5) is 45.5 Å². The third kappa shape index (κ3) is 7.73. The minimum Gasteiger partial charge on any atom is -0.334 e. The lowest BCUT2D eigenvalue weighted by Gasteiger charge is -2.52. The summed E-state index contributed by atoms with van der Waals surface area (Å²) in [5.74, 6) is 0. The zero-order valence-corrected chi connectivity index (χ0v) is 47.1. The Morgan fingerprint density at radius 2 is 0.849 bits per heavy atom. The average Bonchev–Trinajstić information content (AvgIpc) is 3.57. The molecule has 1 saturated carbocycles. The van der Waals surface area contributed by atoms with Gasteiger partial charge in [0, 0.05) is 50.9 Å². The Morgan fingerprint density at radius 1 is 0.384 bits per heavy atom. The lowest BCUT2D eigenvalue weighted by molar-refractivity contribution is 0.215. The topological polar surface area (TPSA) is 9.72 Å². The quantitative estimate of drug-likeness (QED) is 0.163. The minimum absolute atomic E-state index is 0.00412. The molecule has 1 fully saturated rings. The molecular formula is C69H80BN3. The van der Waals surface area contributed by atoms with Crippen molar-refractivity contribution in [2.75, 3.05) is 14.7 Å². The highest BCUT2D eigenvalue weighted by Crippen LogP contribution is 2.64. The average molecular weight is 962 g/mol. The van der Waals surface area contributed by atoms with Gasteiger partial charge < -0.3 is 14.7 Å². The summed E-state index contributed by atoms with van der Waals surface area (Å²) in [6, 6.07) is 58.2. The van der Waals surface area contributed by atoms with E-state index in [0.717, 1.165) is 12.8 Å². The van der Waals surface area contributed by atoms with Crippen LogP contribution in [0.25, 0.3) is 0 Å². The molecule has 374 valence electrons. The number of hydrogen-bond donors (Lipinski definition) is 0. The molecule has 1 aliphatic carbocycles. The summed E-state index contributed by atoms with van der Waals surface area (Å²) in [7, 11) is 0. The summed E-state index contributed by atoms with van der Waals surface area (Å²) in [5, 5.41) is 0. The smallest absolute Gasteiger partial charge is 0.252 e. The van der Waals surface area contributed by atoms with Gasteiger partial charge in [-0.1, -0.05) is 202 Å². The van der Waals surface area contributed by atoms with Crippen LogP contribution in [0.15, 0.2) is 146 Å². The Hall–Kier alpha value is -6.00. The lowest BCUT2D eigenvalue weighted by atomic mass is 9.33. The van der Waals surface area contributed by atoms with Crippen molar-refractivity contribution in [1.82, 2.24) is 0 Å². The van der Waals surface area contributed by atoms with E-state index in [2.05, 4.69) is 271 Å². The standard InChI is InChI=1S/C69H80BN3/c1-63(2,3)45-24-30-51(31-25-45)71-58-37-29-49(66(10,11)12)41-56(58)70-55-35-34-53(44-59(55)72(52-32-26-46(27-33-52)64(4,5)6)61-43-50(67(13,14)15)42-60(71)62(61)70)73-57-36-28-48(65(7,8)9)40-54(57)69(47-22-18-17-19-23-47)39-21-20-38-68(69,73)16/h17-19,22-37,40-44H,20-21,38-39H2,1-16H3. The first-order chi connectivity index (χ1) is 34.2. The molecule has 3 aliphatic heterocycles. The third-order valence-electron chi connectivity index (χ3n) is 17.7. The molecular weight excluding hydrogens is 882 g/mol. The summed E-state index contributed by atoms with van der Waals surface area (Å²) in [6.07, 6.45) is 4.65. The molecule has 0 radical (unpaired) electrons. The predicted octanol–water partition coefficient (Wildman–Crippen LogP) is 17.0. The minimum atomic E-state index is -0.208. The van der Waals surface area contributed by atoms with E-state index in [9.17, 15) is 0 Å². The summed E-state index contributed by atoms with van der Waals surface area (Å²) < 4.78 is 0. The van der Waals surface area contributed by atoms with Crippen LogP contribution >= 0.6 is 0 Å². The van der Waals surface area contributed by atoms with Crippen LogP contribution in [-0.4, -0.2) is 12.3 Å². The van der Waals surface area contributed by atoms with E-state index in [1.54, 1.807) is 0 Å². The maximum absolute atomic E-state index is 2.81. The van der Waals surface area contributed by atoms with Gasteiger partial charge in [0.2, 0.25) is 0 Å². The number of benzene rings is 7. The van der Waals surface area contributed by atoms with Crippen LogP contribution in [0.2, 0.25) is 0 Å². The molecule has 7 aromatic rings. The van der Waals surface area contributed by atoms with Gasteiger partial charge in [-0.05, 0) is 163 Å². The number of hydrogen-bond acceptors (Lipinski definition) is 3. The van der Waals surface area contributed by atoms with E-state index in [1.165, 1.54) is 114 Å². The summed E-state index contributed by atoms with van der Waals surface area (Å²) >= 11 is 0. The third-order valence-corrected chi connectivity index (χ3v) is 17.7. The van der Waals surface area contributed by atoms with Crippen LogP contribution in [0.1, 0.15) is 175 Å². The van der Waals surface area contributed by atoms with Crippen LogP contribution < -0.4 is 31.1 Å². The van der Waals surface area contributed by atoms with Crippen molar-refractivity contribution in [1.29, 1.82) is 0 Å². The molecule has 0 N–H and O–H groups in total. The highest BCUT2D eigenvalue weighted by atomic mass is 15.3. The SMILES string of the molecule is CC(C)(C)c1ccc(N2c3ccc(C(C)(C)C)cc3B3c4ccc(N5c6ccc(C(C)(C)C)cc6C6(c7ccccc7)CCCCC56C)cc4N(c4ccc(C(C)(C)C)cc4)c4cc(C(C)(C)C)cc2c43)cc1. The second-order valence-corrected chi connectivity index (χ2v) is 27.7. The molecule has 11 rings (SSSR count). The fraction of sp³-hybridized carbons (Fsp3) is 0.391. The van der Waals surface area contributed by atoms with Crippen LogP contribution in [0, 0.1) is 0 Å². The van der Waals surface area contributed by atoms with Gasteiger partial charge in [-0.2, -0.15) is 0 Å². The second kappa shape index (κ2) is 16.5. The van der Waals surface area contributed by atoms with Gasteiger partial charge in [0.15, 0.2) is 0 Å². The van der Waals surface area contributed by atoms with E-state index >= 15 is 0 Å². The van der Waals surface area contributed by atoms with Crippen molar-refractivity contribution >= 4 is 68.6 Å². The fourth-order valence-corrected chi connectivity index (χ4v) is 13.4. The van der Waals surface area contributed by atoms with E-state index in [0.29, 0.717) is 0 Å². The first-order valence-electron chi connectivity index (χ1n) is 27.5. The summed E-state index contributed by atoms with van der Waals surface area (Å²) in [5.41, 5.74) is 23.4. The Labute approximate surface area is 440 Å². The lowest BCUT2D eigenvalue weighted by Crippen LogP contribution is -2.61. The first-order valence-corrected chi connectivity index (χ1v) is 27.5. The van der Waals surface area contributed by atoms with Crippen molar-refractivity contribution in [2.24, 2.45) is 0 Å². The molecule has 0 spiro atoms. The van der Waals surface area contributed by atoms with Crippen LogP contribution in [0.5, 0.6) is 0 Å². The van der Waals surface area contributed by atoms with Gasteiger partial charge in [-0.25, -0.2) is 0 Å². The molecule has 4 aliphatic rings. The Kier molecular flexibility index (Phi) is 11.1. The van der Waals surface area contributed by atoms with Gasteiger partial charge in [0.05, 0.1) is 5.54 Å². The molecule has 2 atom stereocenters. The summed E-state index contributed by atoms with van der Waals surface area (Å²) in [6.45, 7) is 37.8. The normalized spacial score (nSPS) is 19.6. The van der Waals surface area contributed by atoms with Gasteiger partial charge in [-0.3, -0.25) is 0 Å². The maximum Gasteiger partial charge on any atom is 0.252 e. The Bertz CT molecular complexity index is 3270. The molecule has 0 aromatic heterocycles. The first kappa shape index (κ1) is 49.2. The zero-order chi connectivity index (χ0) is 52.0. The molecule has 0 bridgehead atoms. The number of rotatable bonds is 4. The van der Waals surface area contributed by atoms with Crippen LogP contribution in [0.3, 0.4) is 0 Å². The highest BCUT2D eigenvalue weighted by Gasteiger charge is 2.61. The number of anilines is 8. The van der Waals surface area contributed by atoms with E-state index in [4.69, 9.17) is 0 Å². The second-order valence-electron chi connectivity index (χ2n) is 27.7. The van der Waals surface area contributed by atoms with Crippen molar-refractivity contribution in [2.45, 2.75) is 174 Å². The van der Waals surface area contributed by atoms with Gasteiger partial charge in [-0.15, -0.1) is 0 Å². The van der Waals surface area contributed by atoms with Crippen molar-refractivity contribution < 1.29 is 0 Å². The molecule has 7 aromatic carbocycles. The van der Waals surface area contributed by atoms with Crippen molar-refractivity contribution in [3.63, 3.8) is 0 Å². The van der Waals surface area contributed by atoms with Crippen LogP contribution in [-0.2, 0) is 32.5 Å². The van der Waals surface area contributed by atoms with Crippen molar-refractivity contribution in [3.8, 4) is 0 Å². The summed E-state index contributed by atoms with van der Waals surface area (Å²) in [4.78, 5) is 8.06. The molecule has 3 nitrogen and oxygen atoms in total. The molecule has 0 amide bonds. The monoisotopic (exact) mass is 962 g/mol. The van der Waals surface area contributed by atoms with Gasteiger partial charge in [0.25, 0.3) is 6.71 Å². The maximum atomic E-state index is 2.81. The van der Waals surface area contributed by atoms with E-state index < -0.39 is 0 Å². The highest BCUT2D eigenvalue weighted by molar-refractivity contribution is 7.00. The number of nitrogens with zero attached hydrogens (tertiary/aromatic N) is 3.